The first-order valence-corrected chi connectivity index (χ1v) is 23.8. The Balaban J connectivity index is 1.37. The highest BCUT2D eigenvalue weighted by molar-refractivity contribution is 7.21. The van der Waals surface area contributed by atoms with Gasteiger partial charge in [-0.2, -0.15) is 0 Å². The maximum Gasteiger partial charge on any atom is 0.319 e. The van der Waals surface area contributed by atoms with E-state index in [4.69, 9.17) is 36.5 Å². The van der Waals surface area contributed by atoms with E-state index in [1.54, 1.807) is 0 Å². The van der Waals surface area contributed by atoms with E-state index >= 15 is 0 Å². The number of anilines is 1. The second-order valence-corrected chi connectivity index (χ2v) is 16.1. The number of thiazole rings is 1. The van der Waals surface area contributed by atoms with Gasteiger partial charge in [-0.05, 0) is 139 Å². The first-order valence-electron chi connectivity index (χ1n) is 22.9. The Morgan fingerprint density at radius 2 is 1.11 bits per heavy atom. The number of terminal acetylenes is 2. The molecule has 17 nitrogen and oxygen atoms in total. The summed E-state index contributed by atoms with van der Waals surface area (Å²) in [4.78, 5) is 54.1. The average Bonchev–Trinajstić information content (AvgIpc) is 3.78. The minimum Gasteiger partial charge on any atom is -0.480 e. The Kier molecular flexibility index (Phi) is 29.8. The van der Waals surface area contributed by atoms with Crippen LogP contribution < -0.4 is 15.5 Å². The maximum atomic E-state index is 12.3. The van der Waals surface area contributed by atoms with Gasteiger partial charge >= 0.3 is 11.9 Å². The van der Waals surface area contributed by atoms with Crippen LogP contribution in [0, 0.1) is 121 Å². The number of nitrogens with one attached hydrogen (secondary N) is 2. The van der Waals surface area contributed by atoms with Crippen LogP contribution in [0.2, 0.25) is 0 Å². The molecule has 378 valence electrons. The summed E-state index contributed by atoms with van der Waals surface area (Å²) in [6, 6.07) is 12.0. The third-order valence-corrected chi connectivity index (χ3v) is 10.4. The van der Waals surface area contributed by atoms with Crippen LogP contribution in [0.1, 0.15) is 36.8 Å². The number of amides is 2. The number of nitrogens with zero attached hydrogens (tertiary/aromatic N) is 4. The number of carboxylic acids is 2. The van der Waals surface area contributed by atoms with E-state index in [0.717, 1.165) is 32.7 Å². The molecule has 0 bridgehead atoms. The lowest BCUT2D eigenvalue weighted by atomic mass is 10.1. The smallest absolute Gasteiger partial charge is 0.319 e. The highest BCUT2D eigenvalue weighted by Crippen LogP contribution is 2.31. The van der Waals surface area contributed by atoms with E-state index in [1.165, 1.54) is 11.3 Å². The van der Waals surface area contributed by atoms with E-state index < -0.39 is 35.6 Å². The number of hydrogen-bond acceptors (Lipinski definition) is 14. The molecule has 3 aromatic rings. The molecule has 2 amide bonds. The van der Waals surface area contributed by atoms with Gasteiger partial charge in [-0.15, -0.1) is 23.1 Å². The largest absolute Gasteiger partial charge is 0.480 e. The molecule has 2 atom stereocenters. The second kappa shape index (κ2) is 36.8. The predicted molar refractivity (Wildman–Crippen MR) is 277 cm³/mol. The van der Waals surface area contributed by atoms with Crippen LogP contribution in [0.5, 0.6) is 0 Å². The number of hydrogen-bond donors (Lipinski definition) is 4. The quantitative estimate of drug-likeness (QED) is 0.0379. The highest BCUT2D eigenvalue weighted by atomic mass is 32.1. The summed E-state index contributed by atoms with van der Waals surface area (Å²) in [5.74, 6) is 26.9. The number of azo groups is 1. The van der Waals surface area contributed by atoms with Crippen LogP contribution in [-0.4, -0.2) is 131 Å². The van der Waals surface area contributed by atoms with E-state index in [2.05, 4.69) is 120 Å². The van der Waals surface area contributed by atoms with Gasteiger partial charge in [-0.1, -0.05) is 29.2 Å². The van der Waals surface area contributed by atoms with E-state index in [0.29, 0.717) is 110 Å². The Bertz CT molecular complexity index is 2830. The van der Waals surface area contributed by atoms with Crippen LogP contribution in [-0.2, 0) is 42.9 Å². The topological polar surface area (TPSA) is 220 Å². The third kappa shape index (κ3) is 26.6. The van der Waals surface area contributed by atoms with Gasteiger partial charge in [0.05, 0.1) is 81.6 Å². The summed E-state index contributed by atoms with van der Waals surface area (Å²) in [5, 5.41) is 33.6. The summed E-state index contributed by atoms with van der Waals surface area (Å²) in [7, 11) is 0. The van der Waals surface area contributed by atoms with Gasteiger partial charge in [0.2, 0.25) is 16.9 Å². The number of rotatable bonds is 32. The molecule has 0 aliphatic carbocycles. The fourth-order valence-corrected chi connectivity index (χ4v) is 6.80. The zero-order valence-electron chi connectivity index (χ0n) is 40.8. The van der Waals surface area contributed by atoms with Crippen LogP contribution in [0.25, 0.3) is 10.2 Å². The Morgan fingerprint density at radius 1 is 0.630 bits per heavy atom. The fourth-order valence-electron chi connectivity index (χ4n) is 5.92. The minimum atomic E-state index is -1.23. The van der Waals surface area contributed by atoms with Crippen molar-refractivity contribution in [1.82, 2.24) is 15.6 Å². The second-order valence-electron chi connectivity index (χ2n) is 15.1. The lowest BCUT2D eigenvalue weighted by Gasteiger charge is -2.25. The van der Waals surface area contributed by atoms with Crippen LogP contribution >= 0.6 is 11.3 Å². The van der Waals surface area contributed by atoms with Gasteiger partial charge < -0.3 is 49.4 Å². The molecule has 3 rings (SSSR count). The fraction of sp³-hybridized carbons (Fsp3) is 0.400. The van der Waals surface area contributed by atoms with Gasteiger partial charge in [-0.3, -0.25) is 19.2 Å². The first kappa shape index (κ1) is 59.2. The summed E-state index contributed by atoms with van der Waals surface area (Å²) in [6.45, 7) is 9.43. The molecule has 0 fully saturated rings. The molecule has 1 aromatic heterocycles. The lowest BCUT2D eigenvalue weighted by molar-refractivity contribution is -0.142. The number of aromatic nitrogens is 1. The van der Waals surface area contributed by atoms with Gasteiger partial charge in [-0.25, -0.2) is 4.98 Å². The summed E-state index contributed by atoms with van der Waals surface area (Å²) >= 11 is 1.49. The van der Waals surface area contributed by atoms with Gasteiger partial charge in [0, 0.05) is 45.1 Å². The molecule has 4 N–H and O–H groups in total. The summed E-state index contributed by atoms with van der Waals surface area (Å²) in [5.41, 5.74) is 4.65. The molecular formula is C55H56N6O11S. The minimum absolute atomic E-state index is 0.299. The van der Waals surface area contributed by atoms with Crippen LogP contribution in [0.15, 0.2) is 46.6 Å². The van der Waals surface area contributed by atoms with Crippen molar-refractivity contribution >= 4 is 61.8 Å². The number of benzene rings is 2. The van der Waals surface area contributed by atoms with E-state index in [-0.39, 0.29) is 12.8 Å². The number of carboxylic acid groups (broad SMARTS) is 2. The number of ether oxygens (including phenoxy) is 5. The van der Waals surface area contributed by atoms with Gasteiger partial charge in [0.25, 0.3) is 0 Å². The molecule has 2 aromatic carbocycles. The van der Waals surface area contributed by atoms with Crippen molar-refractivity contribution < 1.29 is 53.1 Å². The SMILES string of the molecule is C#CC#CC#CC#CC(CC(=O)NCCCOCCOCCOCCN(CCOCCOCCCNC(=O)CC(C#CC#CC#CC#C)C(=O)O)c1ccc(N=Nc2nc3ccc(C)cc3s2)c(C)c1)C(=O)O. The molecule has 2 unspecified atom stereocenters. The van der Waals surface area contributed by atoms with Gasteiger partial charge in [0.1, 0.15) is 11.8 Å². The van der Waals surface area contributed by atoms with Crippen molar-refractivity contribution in [3.63, 3.8) is 0 Å². The Morgan fingerprint density at radius 3 is 1.60 bits per heavy atom. The van der Waals surface area contributed by atoms with E-state index in [1.807, 2.05) is 44.2 Å². The number of carbonyl (C=O) groups excluding carboxylic acids is 2. The standard InChI is InChI=1S/C55H56N6O11S/c1-5-7-9-11-13-15-19-45(53(64)65)41-51(62)56-25-17-29-68-33-35-70-31-27-61(47-22-24-48(44(4)40-47)59-60-55-58-49-23-21-43(3)39-50(49)73-55)28-32-71-36-38-72-37-34-69-30-18-26-57-52(63)42-46(54(66)67)20-16-14-12-10-8-6-2/h1-2,21-24,39-40,45-46H,17-18,25-38,41-42H2,3-4H3,(H,56,62)(H,57,63)(H,64,65)(H,66,67). The molecule has 0 spiro atoms. The van der Waals surface area contributed by atoms with Crippen molar-refractivity contribution in [2.75, 3.05) is 97.1 Å². The Hall–Kier alpha value is -8.11. The zero-order chi connectivity index (χ0) is 52.7. The third-order valence-electron chi connectivity index (χ3n) is 9.54. The predicted octanol–water partition coefficient (Wildman–Crippen LogP) is 4.70. The number of fused-ring (bicyclic) bond motifs is 1. The van der Waals surface area contributed by atoms with E-state index in [9.17, 15) is 29.4 Å². The number of aryl methyl sites for hydroxylation is 2. The van der Waals surface area contributed by atoms with Crippen LogP contribution in [0.3, 0.4) is 0 Å². The van der Waals surface area contributed by atoms with Crippen LogP contribution in [0.4, 0.5) is 16.5 Å². The monoisotopic (exact) mass is 1010 g/mol. The average molecular weight is 1010 g/mol. The summed E-state index contributed by atoms with van der Waals surface area (Å²) in [6.07, 6.45) is 10.4. The Labute approximate surface area is 430 Å². The molecule has 1 heterocycles. The highest BCUT2D eigenvalue weighted by Gasteiger charge is 2.20. The zero-order valence-corrected chi connectivity index (χ0v) is 41.6. The first-order chi connectivity index (χ1) is 35.5. The maximum absolute atomic E-state index is 12.3. The van der Waals surface area contributed by atoms with Crippen molar-refractivity contribution in [3.8, 4) is 95.7 Å². The molecule has 0 saturated heterocycles. The molecule has 18 heteroatoms. The summed E-state index contributed by atoms with van der Waals surface area (Å²) < 4.78 is 29.8. The van der Waals surface area contributed by atoms with Crippen molar-refractivity contribution in [1.29, 1.82) is 0 Å². The number of carbonyl (C=O) groups is 4. The van der Waals surface area contributed by atoms with Gasteiger partial charge in [0.15, 0.2) is 0 Å². The lowest BCUT2D eigenvalue weighted by Crippen LogP contribution is -2.31. The molecule has 0 aliphatic rings. The molecule has 0 radical (unpaired) electrons. The number of aliphatic carboxylic acids is 2. The molecule has 0 aliphatic heterocycles. The molecular weight excluding hydrogens is 953 g/mol. The molecule has 73 heavy (non-hydrogen) atoms. The normalized spacial score (nSPS) is 10.8. The van der Waals surface area contributed by atoms with Crippen molar-refractivity contribution in [3.05, 3.63) is 47.5 Å². The van der Waals surface area contributed by atoms with Crippen molar-refractivity contribution in [2.24, 2.45) is 22.1 Å². The van der Waals surface area contributed by atoms with Crippen molar-refractivity contribution in [2.45, 2.75) is 39.5 Å². The molecule has 0 saturated carbocycles.